The van der Waals surface area contributed by atoms with Crippen LogP contribution in [0.1, 0.15) is 6.92 Å². The van der Waals surface area contributed by atoms with Gasteiger partial charge in [0.2, 0.25) is 0 Å². The van der Waals surface area contributed by atoms with E-state index in [1.54, 1.807) is 17.0 Å². The Labute approximate surface area is 120 Å². The van der Waals surface area contributed by atoms with Gasteiger partial charge in [0.05, 0.1) is 17.1 Å². The van der Waals surface area contributed by atoms with Crippen molar-refractivity contribution in [1.82, 2.24) is 4.98 Å². The number of pyridine rings is 1. The fraction of sp³-hybridized carbons (Fsp3) is 0.154. The number of rotatable bonds is 5. The Morgan fingerprint density at radius 3 is 2.57 bits per heavy atom. The van der Waals surface area contributed by atoms with E-state index in [1.165, 1.54) is 24.3 Å². The lowest BCUT2D eigenvalue weighted by Crippen LogP contribution is -2.19. The average molecular weight is 291 g/mol. The van der Waals surface area contributed by atoms with Gasteiger partial charge in [-0.3, -0.25) is 10.1 Å². The van der Waals surface area contributed by atoms with Crippen molar-refractivity contribution in [1.29, 1.82) is 0 Å². The topological polar surface area (TPSA) is 97.3 Å². The first-order valence-electron chi connectivity index (χ1n) is 6.21. The summed E-state index contributed by atoms with van der Waals surface area (Å²) in [6, 6.07) is 8.37. The fourth-order valence-corrected chi connectivity index (χ4v) is 1.92. The minimum Gasteiger partial charge on any atom is -0.326 e. The number of nitrogens with one attached hydrogen (secondary N) is 1. The average Bonchev–Trinajstić information content (AvgIpc) is 2.49. The zero-order valence-electron chi connectivity index (χ0n) is 11.3. The van der Waals surface area contributed by atoms with Crippen LogP contribution in [0.5, 0.6) is 0 Å². The van der Waals surface area contributed by atoms with Crippen molar-refractivity contribution >= 4 is 23.0 Å². The SMILES string of the molecule is CCN(c1ccc(F)cc1)c1cc([N+](=O)[O-])cc(NN)n1. The third-order valence-electron chi connectivity index (χ3n) is 2.89. The number of halogens is 1. The fourth-order valence-electron chi connectivity index (χ4n) is 1.92. The number of anilines is 3. The molecule has 21 heavy (non-hydrogen) atoms. The lowest BCUT2D eigenvalue weighted by molar-refractivity contribution is -0.384. The van der Waals surface area contributed by atoms with Gasteiger partial charge in [-0.15, -0.1) is 0 Å². The van der Waals surface area contributed by atoms with Crippen LogP contribution in [0.3, 0.4) is 0 Å². The first-order valence-corrected chi connectivity index (χ1v) is 6.21. The molecule has 7 nitrogen and oxygen atoms in total. The van der Waals surface area contributed by atoms with E-state index >= 15 is 0 Å². The van der Waals surface area contributed by atoms with E-state index in [2.05, 4.69) is 10.4 Å². The van der Waals surface area contributed by atoms with Gasteiger partial charge in [-0.2, -0.15) is 0 Å². The molecule has 0 fully saturated rings. The Bertz CT molecular complexity index is 648. The third-order valence-corrected chi connectivity index (χ3v) is 2.89. The quantitative estimate of drug-likeness (QED) is 0.499. The number of nitrogens with two attached hydrogens (primary N) is 1. The second-order valence-electron chi connectivity index (χ2n) is 4.19. The summed E-state index contributed by atoms with van der Waals surface area (Å²) in [6.07, 6.45) is 0. The van der Waals surface area contributed by atoms with Gasteiger partial charge >= 0.3 is 0 Å². The van der Waals surface area contributed by atoms with E-state index in [0.29, 0.717) is 18.1 Å². The lowest BCUT2D eigenvalue weighted by atomic mass is 10.2. The highest BCUT2D eigenvalue weighted by atomic mass is 19.1. The maximum Gasteiger partial charge on any atom is 0.276 e. The first kappa shape index (κ1) is 14.7. The number of hydrazine groups is 1. The van der Waals surface area contributed by atoms with E-state index < -0.39 is 4.92 Å². The van der Waals surface area contributed by atoms with Gasteiger partial charge in [-0.1, -0.05) is 0 Å². The molecule has 8 heteroatoms. The van der Waals surface area contributed by atoms with Gasteiger partial charge < -0.3 is 10.3 Å². The minimum atomic E-state index is -0.523. The van der Waals surface area contributed by atoms with Crippen molar-refractivity contribution in [3.63, 3.8) is 0 Å². The minimum absolute atomic E-state index is 0.131. The number of hydrogen-bond donors (Lipinski definition) is 2. The molecular weight excluding hydrogens is 277 g/mol. The Hall–Kier alpha value is -2.74. The van der Waals surface area contributed by atoms with Crippen LogP contribution in [0.25, 0.3) is 0 Å². The van der Waals surface area contributed by atoms with Crippen LogP contribution in [-0.2, 0) is 0 Å². The van der Waals surface area contributed by atoms with Crippen LogP contribution in [-0.4, -0.2) is 16.5 Å². The predicted octanol–water partition coefficient (Wildman–Crippen LogP) is 2.57. The second kappa shape index (κ2) is 6.14. The highest BCUT2D eigenvalue weighted by molar-refractivity contribution is 5.64. The highest BCUT2D eigenvalue weighted by Crippen LogP contribution is 2.28. The number of aromatic nitrogens is 1. The Balaban J connectivity index is 2.48. The van der Waals surface area contributed by atoms with Gasteiger partial charge in [0.15, 0.2) is 0 Å². The summed E-state index contributed by atoms with van der Waals surface area (Å²) in [5, 5.41) is 11.0. The summed E-state index contributed by atoms with van der Waals surface area (Å²) in [4.78, 5) is 16.3. The Morgan fingerprint density at radius 1 is 1.38 bits per heavy atom. The second-order valence-corrected chi connectivity index (χ2v) is 4.19. The summed E-state index contributed by atoms with van der Waals surface area (Å²) < 4.78 is 13.0. The maximum absolute atomic E-state index is 13.0. The van der Waals surface area contributed by atoms with E-state index in [9.17, 15) is 14.5 Å². The van der Waals surface area contributed by atoms with Gasteiger partial charge in [-0.05, 0) is 31.2 Å². The van der Waals surface area contributed by atoms with Crippen LogP contribution >= 0.6 is 0 Å². The summed E-state index contributed by atoms with van der Waals surface area (Å²) in [5.74, 6) is 5.46. The van der Waals surface area contributed by atoms with Crippen LogP contribution in [0.2, 0.25) is 0 Å². The molecule has 0 atom stereocenters. The van der Waals surface area contributed by atoms with E-state index in [1.807, 2.05) is 6.92 Å². The number of nitro groups is 1. The molecule has 0 bridgehead atoms. The largest absolute Gasteiger partial charge is 0.326 e. The monoisotopic (exact) mass is 291 g/mol. The van der Waals surface area contributed by atoms with Crippen LogP contribution in [0.15, 0.2) is 36.4 Å². The summed E-state index contributed by atoms with van der Waals surface area (Å²) in [6.45, 7) is 2.36. The molecule has 0 radical (unpaired) electrons. The zero-order chi connectivity index (χ0) is 15.4. The molecule has 0 aliphatic heterocycles. The van der Waals surface area contributed by atoms with Gasteiger partial charge in [0.25, 0.3) is 5.69 Å². The molecule has 0 spiro atoms. The molecule has 0 unspecified atom stereocenters. The Kier molecular flexibility index (Phi) is 4.29. The smallest absolute Gasteiger partial charge is 0.276 e. The van der Waals surface area contributed by atoms with Crippen molar-refractivity contribution in [3.8, 4) is 0 Å². The maximum atomic E-state index is 13.0. The normalized spacial score (nSPS) is 10.2. The predicted molar refractivity (Wildman–Crippen MR) is 77.8 cm³/mol. The van der Waals surface area contributed by atoms with Crippen molar-refractivity contribution in [2.75, 3.05) is 16.9 Å². The molecule has 0 saturated heterocycles. The van der Waals surface area contributed by atoms with Crippen molar-refractivity contribution in [2.24, 2.45) is 5.84 Å². The molecule has 1 aromatic carbocycles. The van der Waals surface area contributed by atoms with E-state index in [-0.39, 0.29) is 17.3 Å². The zero-order valence-corrected chi connectivity index (χ0v) is 11.3. The molecule has 2 aromatic rings. The molecule has 0 aliphatic rings. The molecule has 3 N–H and O–H groups in total. The molecular formula is C13H14FN5O2. The van der Waals surface area contributed by atoms with Gasteiger partial charge in [-0.25, -0.2) is 15.2 Å². The highest BCUT2D eigenvalue weighted by Gasteiger charge is 2.16. The molecule has 1 heterocycles. The molecule has 0 amide bonds. The van der Waals surface area contributed by atoms with Crippen molar-refractivity contribution in [3.05, 3.63) is 52.3 Å². The van der Waals surface area contributed by atoms with Crippen molar-refractivity contribution in [2.45, 2.75) is 6.92 Å². The molecule has 0 saturated carbocycles. The van der Waals surface area contributed by atoms with E-state index in [0.717, 1.165) is 0 Å². The van der Waals surface area contributed by atoms with Crippen LogP contribution < -0.4 is 16.2 Å². The number of nitrogens with zero attached hydrogens (tertiary/aromatic N) is 3. The van der Waals surface area contributed by atoms with Crippen LogP contribution in [0.4, 0.5) is 27.4 Å². The number of hydrogen-bond acceptors (Lipinski definition) is 6. The van der Waals surface area contributed by atoms with Gasteiger partial charge in [0.1, 0.15) is 17.5 Å². The summed E-state index contributed by atoms with van der Waals surface area (Å²) >= 11 is 0. The third kappa shape index (κ3) is 3.23. The summed E-state index contributed by atoms with van der Waals surface area (Å²) in [5.41, 5.74) is 2.84. The van der Waals surface area contributed by atoms with E-state index in [4.69, 9.17) is 5.84 Å². The number of nitrogen functional groups attached to an aromatic ring is 1. The first-order chi connectivity index (χ1) is 10.0. The molecule has 0 aliphatic carbocycles. The van der Waals surface area contributed by atoms with Gasteiger partial charge in [0, 0.05) is 12.2 Å². The standard InChI is InChI=1S/C13H14FN5O2/c1-2-18(10-5-3-9(14)4-6-10)13-8-11(19(20)21)7-12(16-13)17-15/h3-8H,2,15H2,1H3,(H,16,17). The lowest BCUT2D eigenvalue weighted by Gasteiger charge is -2.22. The Morgan fingerprint density at radius 2 is 2.05 bits per heavy atom. The van der Waals surface area contributed by atoms with Crippen LogP contribution in [0, 0.1) is 15.9 Å². The molecule has 2 rings (SSSR count). The molecule has 110 valence electrons. The van der Waals surface area contributed by atoms with Crippen molar-refractivity contribution < 1.29 is 9.31 Å². The summed E-state index contributed by atoms with van der Waals surface area (Å²) in [7, 11) is 0. The molecule has 1 aromatic heterocycles. The number of benzene rings is 1.